The largest absolute Gasteiger partial charge is 0.143 e. The van der Waals surface area contributed by atoms with Crippen molar-refractivity contribution in [1.82, 2.24) is 0 Å². The SMILES string of the molecule is Clc1ccc(Cl)c(C(Cl)c2cc3c(s2)CCCCC3)c1. The quantitative estimate of drug-likeness (QED) is 0.422. The molecule has 0 fully saturated rings. The number of rotatable bonds is 2. The van der Waals surface area contributed by atoms with Crippen LogP contribution >= 0.6 is 46.1 Å². The molecule has 0 saturated heterocycles. The molecule has 4 heteroatoms. The molecule has 3 rings (SSSR count). The Morgan fingerprint density at radius 1 is 1.00 bits per heavy atom. The Kier molecular flexibility index (Phi) is 4.62. The lowest BCUT2D eigenvalue weighted by Gasteiger charge is -2.10. The Hall–Kier alpha value is -0.210. The summed E-state index contributed by atoms with van der Waals surface area (Å²) in [5.74, 6) is 0. The number of thiophene rings is 1. The third-order valence-corrected chi connectivity index (χ3v) is 6.23. The van der Waals surface area contributed by atoms with Crippen LogP contribution in [0.4, 0.5) is 0 Å². The molecule has 0 radical (unpaired) electrons. The first-order valence-electron chi connectivity index (χ1n) is 6.85. The van der Waals surface area contributed by atoms with Gasteiger partial charge < -0.3 is 0 Å². The van der Waals surface area contributed by atoms with Crippen LogP contribution in [0.15, 0.2) is 24.3 Å². The Bertz CT molecular complexity index is 595. The molecule has 0 bridgehead atoms. The van der Waals surface area contributed by atoms with Gasteiger partial charge in [-0.2, -0.15) is 0 Å². The van der Waals surface area contributed by atoms with E-state index in [1.54, 1.807) is 6.07 Å². The molecule has 1 aromatic heterocycles. The maximum atomic E-state index is 6.64. The van der Waals surface area contributed by atoms with Gasteiger partial charge in [-0.25, -0.2) is 0 Å². The average molecular weight is 346 g/mol. The fourth-order valence-electron chi connectivity index (χ4n) is 2.68. The van der Waals surface area contributed by atoms with Crippen molar-refractivity contribution < 1.29 is 0 Å². The molecule has 1 unspecified atom stereocenters. The molecule has 20 heavy (non-hydrogen) atoms. The fourth-order valence-corrected chi connectivity index (χ4v) is 4.77. The summed E-state index contributed by atoms with van der Waals surface area (Å²) < 4.78 is 0. The first-order valence-corrected chi connectivity index (χ1v) is 8.86. The molecule has 1 aliphatic rings. The number of hydrogen-bond donors (Lipinski definition) is 0. The molecule has 106 valence electrons. The molecule has 0 aliphatic heterocycles. The zero-order chi connectivity index (χ0) is 14.1. The van der Waals surface area contributed by atoms with Gasteiger partial charge in [0, 0.05) is 19.8 Å². The van der Waals surface area contributed by atoms with Crippen molar-refractivity contribution >= 4 is 46.1 Å². The lowest BCUT2D eigenvalue weighted by atomic mass is 10.1. The van der Waals surface area contributed by atoms with Gasteiger partial charge in [0.1, 0.15) is 0 Å². The van der Waals surface area contributed by atoms with E-state index in [4.69, 9.17) is 34.8 Å². The third kappa shape index (κ3) is 3.01. The molecular formula is C16H15Cl3S. The van der Waals surface area contributed by atoms with Crippen LogP contribution in [0.25, 0.3) is 0 Å². The second-order valence-corrected chi connectivity index (χ2v) is 7.63. The smallest absolute Gasteiger partial charge is 0.0942 e. The topological polar surface area (TPSA) is 0 Å². The summed E-state index contributed by atoms with van der Waals surface area (Å²) in [6.07, 6.45) is 6.28. The van der Waals surface area contributed by atoms with Crippen molar-refractivity contribution in [3.8, 4) is 0 Å². The summed E-state index contributed by atoms with van der Waals surface area (Å²) in [6.45, 7) is 0. The van der Waals surface area contributed by atoms with E-state index in [2.05, 4.69) is 6.07 Å². The van der Waals surface area contributed by atoms with Gasteiger partial charge in [0.05, 0.1) is 5.38 Å². The number of benzene rings is 1. The monoisotopic (exact) mass is 344 g/mol. The summed E-state index contributed by atoms with van der Waals surface area (Å²) in [7, 11) is 0. The van der Waals surface area contributed by atoms with Crippen LogP contribution in [0.3, 0.4) is 0 Å². The Balaban J connectivity index is 1.94. The normalized spacial score (nSPS) is 16.6. The van der Waals surface area contributed by atoms with Crippen LogP contribution in [0.1, 0.15) is 45.5 Å². The second-order valence-electron chi connectivity index (χ2n) is 5.19. The van der Waals surface area contributed by atoms with Crippen molar-refractivity contribution in [1.29, 1.82) is 0 Å². The Labute approximate surface area is 138 Å². The van der Waals surface area contributed by atoms with E-state index in [-0.39, 0.29) is 5.38 Å². The van der Waals surface area contributed by atoms with Crippen molar-refractivity contribution in [2.75, 3.05) is 0 Å². The van der Waals surface area contributed by atoms with E-state index < -0.39 is 0 Å². The van der Waals surface area contributed by atoms with Gasteiger partial charge >= 0.3 is 0 Å². The van der Waals surface area contributed by atoms with Gasteiger partial charge in [-0.15, -0.1) is 22.9 Å². The molecule has 1 heterocycles. The lowest BCUT2D eigenvalue weighted by molar-refractivity contribution is 0.712. The highest BCUT2D eigenvalue weighted by molar-refractivity contribution is 7.12. The predicted octanol–water partition coefficient (Wildman–Crippen LogP) is 6.65. The van der Waals surface area contributed by atoms with E-state index in [0.717, 1.165) is 5.56 Å². The van der Waals surface area contributed by atoms with Gasteiger partial charge in [0.15, 0.2) is 0 Å². The molecule has 1 atom stereocenters. The summed E-state index contributed by atoms with van der Waals surface area (Å²) in [5, 5.41) is 1.14. The van der Waals surface area contributed by atoms with Crippen LogP contribution in [0.2, 0.25) is 10.0 Å². The zero-order valence-electron chi connectivity index (χ0n) is 11.0. The molecule has 0 amide bonds. The number of hydrogen-bond acceptors (Lipinski definition) is 1. The predicted molar refractivity (Wildman–Crippen MR) is 89.7 cm³/mol. The standard InChI is InChI=1S/C16H15Cl3S/c17-11-6-7-13(18)12(9-11)16(19)15-8-10-4-2-1-3-5-14(10)20-15/h6-9,16H,1-5H2. The van der Waals surface area contributed by atoms with E-state index in [9.17, 15) is 0 Å². The number of alkyl halides is 1. The highest BCUT2D eigenvalue weighted by atomic mass is 35.5. The van der Waals surface area contributed by atoms with E-state index >= 15 is 0 Å². The molecular weight excluding hydrogens is 331 g/mol. The highest BCUT2D eigenvalue weighted by Crippen LogP contribution is 2.40. The minimum absolute atomic E-state index is 0.210. The minimum atomic E-state index is -0.210. The number of halogens is 3. The van der Waals surface area contributed by atoms with Crippen LogP contribution < -0.4 is 0 Å². The minimum Gasteiger partial charge on any atom is -0.143 e. The summed E-state index contributed by atoms with van der Waals surface area (Å²) >= 11 is 20.8. The molecule has 1 aromatic carbocycles. The maximum absolute atomic E-state index is 6.64. The van der Waals surface area contributed by atoms with Gasteiger partial charge in [-0.1, -0.05) is 29.6 Å². The number of fused-ring (bicyclic) bond motifs is 1. The van der Waals surface area contributed by atoms with Crippen molar-refractivity contribution in [2.24, 2.45) is 0 Å². The molecule has 0 spiro atoms. The van der Waals surface area contributed by atoms with Crippen LogP contribution in [-0.2, 0) is 12.8 Å². The first-order chi connectivity index (χ1) is 9.65. The van der Waals surface area contributed by atoms with Crippen molar-refractivity contribution in [3.05, 3.63) is 55.2 Å². The molecule has 0 nitrogen and oxygen atoms in total. The third-order valence-electron chi connectivity index (χ3n) is 3.75. The molecule has 0 N–H and O–H groups in total. The fraction of sp³-hybridized carbons (Fsp3) is 0.375. The van der Waals surface area contributed by atoms with Crippen LogP contribution in [0.5, 0.6) is 0 Å². The van der Waals surface area contributed by atoms with Gasteiger partial charge in [0.25, 0.3) is 0 Å². The molecule has 2 aromatic rings. The maximum Gasteiger partial charge on any atom is 0.0942 e. The number of aryl methyl sites for hydroxylation is 2. The highest BCUT2D eigenvalue weighted by Gasteiger charge is 2.20. The molecule has 1 aliphatic carbocycles. The van der Waals surface area contributed by atoms with Crippen LogP contribution in [0, 0.1) is 0 Å². The lowest BCUT2D eigenvalue weighted by Crippen LogP contribution is -1.92. The summed E-state index contributed by atoms with van der Waals surface area (Å²) in [4.78, 5) is 2.68. The summed E-state index contributed by atoms with van der Waals surface area (Å²) in [6, 6.07) is 7.74. The van der Waals surface area contributed by atoms with Crippen LogP contribution in [-0.4, -0.2) is 0 Å². The van der Waals surface area contributed by atoms with E-state index in [0.29, 0.717) is 10.0 Å². The van der Waals surface area contributed by atoms with Gasteiger partial charge in [0.2, 0.25) is 0 Å². The van der Waals surface area contributed by atoms with Gasteiger partial charge in [-0.3, -0.25) is 0 Å². The van der Waals surface area contributed by atoms with Crippen molar-refractivity contribution in [3.63, 3.8) is 0 Å². The molecule has 0 saturated carbocycles. The van der Waals surface area contributed by atoms with Crippen molar-refractivity contribution in [2.45, 2.75) is 37.5 Å². The Morgan fingerprint density at radius 2 is 1.80 bits per heavy atom. The zero-order valence-corrected chi connectivity index (χ0v) is 14.0. The second kappa shape index (κ2) is 6.27. The van der Waals surface area contributed by atoms with E-state index in [1.807, 2.05) is 23.5 Å². The first kappa shape index (κ1) is 14.7. The van der Waals surface area contributed by atoms with E-state index in [1.165, 1.54) is 47.4 Å². The average Bonchev–Trinajstić information content (AvgIpc) is 2.72. The van der Waals surface area contributed by atoms with Gasteiger partial charge in [-0.05, 0) is 61.1 Å². The summed E-state index contributed by atoms with van der Waals surface area (Å²) in [5.41, 5.74) is 2.38. The Morgan fingerprint density at radius 3 is 2.65 bits per heavy atom.